The van der Waals surface area contributed by atoms with Gasteiger partial charge in [-0.1, -0.05) is 83.1 Å². The van der Waals surface area contributed by atoms with Crippen LogP contribution in [0, 0.1) is 12.3 Å². The van der Waals surface area contributed by atoms with E-state index in [-0.39, 0.29) is 5.41 Å². The van der Waals surface area contributed by atoms with E-state index < -0.39 is 0 Å². The molecule has 2 heteroatoms. The summed E-state index contributed by atoms with van der Waals surface area (Å²) in [6, 6.07) is 25.1. The Kier molecular flexibility index (Phi) is 6.23. The van der Waals surface area contributed by atoms with E-state index in [1.807, 2.05) is 17.5 Å². The van der Waals surface area contributed by atoms with Crippen molar-refractivity contribution in [2.45, 2.75) is 78.6 Å². The minimum Gasteiger partial charge on any atom is -0.255 e. The van der Waals surface area contributed by atoms with Crippen LogP contribution in [0.25, 0.3) is 42.6 Å². The number of benzene rings is 3. The highest BCUT2D eigenvalue weighted by Crippen LogP contribution is 2.45. The third kappa shape index (κ3) is 4.58. The van der Waals surface area contributed by atoms with Gasteiger partial charge >= 0.3 is 0 Å². The summed E-state index contributed by atoms with van der Waals surface area (Å²) in [5.74, 6) is 0.710. The Hall–Kier alpha value is -2.97. The van der Waals surface area contributed by atoms with Crippen molar-refractivity contribution < 1.29 is 0 Å². The number of fused-ring (bicyclic) bond motifs is 2. The van der Waals surface area contributed by atoms with Crippen LogP contribution < -0.4 is 0 Å². The molecule has 0 atom stereocenters. The molecule has 6 rings (SSSR count). The summed E-state index contributed by atoms with van der Waals surface area (Å²) in [4.78, 5) is 6.32. The molecule has 0 amide bonds. The van der Waals surface area contributed by atoms with E-state index in [4.69, 9.17) is 4.98 Å². The van der Waals surface area contributed by atoms with Crippen molar-refractivity contribution in [1.29, 1.82) is 0 Å². The summed E-state index contributed by atoms with van der Waals surface area (Å²) in [6.45, 7) is 14.0. The minimum atomic E-state index is 0.0515. The average Bonchev–Trinajstić information content (AvgIpc) is 3.24. The predicted molar refractivity (Wildman–Crippen MR) is 166 cm³/mol. The zero-order chi connectivity index (χ0) is 26.7. The molecule has 38 heavy (non-hydrogen) atoms. The summed E-state index contributed by atoms with van der Waals surface area (Å²) in [6.07, 6.45) is 7.27. The molecule has 194 valence electrons. The van der Waals surface area contributed by atoms with E-state index in [9.17, 15) is 0 Å². The van der Waals surface area contributed by atoms with Gasteiger partial charge < -0.3 is 0 Å². The van der Waals surface area contributed by atoms with Crippen LogP contribution in [0.2, 0.25) is 0 Å². The molecule has 2 heterocycles. The molecule has 1 aliphatic carbocycles. The smallest absolute Gasteiger partial charge is 0.0880 e. The fourth-order valence-electron chi connectivity index (χ4n) is 6.34. The van der Waals surface area contributed by atoms with Crippen molar-refractivity contribution in [3.05, 3.63) is 89.6 Å². The van der Waals surface area contributed by atoms with Crippen LogP contribution in [-0.2, 0) is 5.41 Å². The molecule has 1 aliphatic rings. The molecule has 0 N–H and O–H groups in total. The molecule has 0 radical (unpaired) electrons. The van der Waals surface area contributed by atoms with E-state index in [0.29, 0.717) is 11.3 Å². The van der Waals surface area contributed by atoms with Crippen LogP contribution >= 0.6 is 11.3 Å². The maximum Gasteiger partial charge on any atom is 0.0880 e. The second-order valence-electron chi connectivity index (χ2n) is 13.1. The quantitative estimate of drug-likeness (QED) is 0.232. The summed E-state index contributed by atoms with van der Waals surface area (Å²) >= 11 is 1.90. The van der Waals surface area contributed by atoms with Gasteiger partial charge in [-0.05, 0) is 106 Å². The van der Waals surface area contributed by atoms with Crippen molar-refractivity contribution in [3.63, 3.8) is 0 Å². The lowest BCUT2D eigenvalue weighted by atomic mass is 9.71. The van der Waals surface area contributed by atoms with Gasteiger partial charge in [0.25, 0.3) is 0 Å². The molecular weight excluding hydrogens is 478 g/mol. The largest absolute Gasteiger partial charge is 0.255 e. The van der Waals surface area contributed by atoms with Gasteiger partial charge in [0.15, 0.2) is 0 Å². The van der Waals surface area contributed by atoms with E-state index >= 15 is 0 Å². The number of thiophene rings is 1. The number of hydrogen-bond donors (Lipinski definition) is 0. The maximum atomic E-state index is 4.95. The van der Waals surface area contributed by atoms with Gasteiger partial charge in [0, 0.05) is 16.6 Å². The van der Waals surface area contributed by atoms with Crippen molar-refractivity contribution in [2.24, 2.45) is 5.41 Å². The fraction of sp³-hybridized carbons (Fsp3) is 0.361. The molecule has 0 spiro atoms. The van der Waals surface area contributed by atoms with Crippen LogP contribution in [-0.4, -0.2) is 4.98 Å². The van der Waals surface area contributed by atoms with Crippen LogP contribution in [0.15, 0.2) is 72.9 Å². The third-order valence-corrected chi connectivity index (χ3v) is 10.1. The highest BCUT2D eigenvalue weighted by atomic mass is 32.1. The maximum absolute atomic E-state index is 4.95. The Bertz CT molecular complexity index is 1620. The summed E-state index contributed by atoms with van der Waals surface area (Å²) in [5, 5.41) is 3.93. The van der Waals surface area contributed by atoms with Crippen molar-refractivity contribution in [1.82, 2.24) is 4.98 Å². The zero-order valence-electron chi connectivity index (χ0n) is 23.7. The van der Waals surface area contributed by atoms with Crippen LogP contribution in [0.4, 0.5) is 0 Å². The van der Waals surface area contributed by atoms with Gasteiger partial charge in [-0.25, -0.2) is 0 Å². The summed E-state index contributed by atoms with van der Waals surface area (Å²) in [7, 11) is 0. The normalized spacial score (nSPS) is 16.4. The van der Waals surface area contributed by atoms with Crippen LogP contribution in [0.1, 0.15) is 82.9 Å². The summed E-state index contributed by atoms with van der Waals surface area (Å²) in [5.41, 5.74) is 8.43. The second-order valence-corrected chi connectivity index (χ2v) is 14.2. The number of aryl methyl sites for hydroxylation is 1. The Morgan fingerprint density at radius 3 is 2.26 bits per heavy atom. The number of aromatic nitrogens is 1. The van der Waals surface area contributed by atoms with Gasteiger partial charge in [0.1, 0.15) is 0 Å². The second kappa shape index (κ2) is 9.35. The van der Waals surface area contributed by atoms with Crippen molar-refractivity contribution in [3.8, 4) is 21.7 Å². The lowest BCUT2D eigenvalue weighted by Gasteiger charge is -2.34. The van der Waals surface area contributed by atoms with E-state index in [0.717, 1.165) is 5.69 Å². The van der Waals surface area contributed by atoms with Crippen molar-refractivity contribution in [2.75, 3.05) is 0 Å². The lowest BCUT2D eigenvalue weighted by molar-refractivity contribution is 0.224. The molecule has 0 bridgehead atoms. The number of nitrogens with zero attached hydrogens (tertiary/aromatic N) is 1. The summed E-state index contributed by atoms with van der Waals surface area (Å²) < 4.78 is 1.29. The lowest BCUT2D eigenvalue weighted by Crippen LogP contribution is -2.20. The number of pyridine rings is 1. The Labute approximate surface area is 232 Å². The molecule has 1 nitrogen and oxygen atoms in total. The molecule has 0 unspecified atom stereocenters. The predicted octanol–water partition coefficient (Wildman–Crippen LogP) is 11.1. The number of hydrogen-bond acceptors (Lipinski definition) is 2. The Balaban J connectivity index is 1.41. The first-order chi connectivity index (χ1) is 18.1. The molecule has 1 saturated carbocycles. The first kappa shape index (κ1) is 25.3. The van der Waals surface area contributed by atoms with E-state index in [1.54, 1.807) is 0 Å². The van der Waals surface area contributed by atoms with Crippen LogP contribution in [0.3, 0.4) is 0 Å². The van der Waals surface area contributed by atoms with Gasteiger partial charge in [-0.2, -0.15) is 0 Å². The first-order valence-electron chi connectivity index (χ1n) is 14.1. The number of rotatable bonds is 3. The Morgan fingerprint density at radius 1 is 0.842 bits per heavy atom. The standard InChI is InChI=1S/C36H39NS/c1-23-29-17-20-37-32(28-21-27-9-7-8-10-30(27)31(22-28)35(2,3)4)34(29)38-33(23)26-13-11-24(12-14-26)25-15-18-36(5,6)19-16-25/h7-14,17,20-22,25H,15-16,18-19H2,1-6H3. The minimum absolute atomic E-state index is 0.0515. The SMILES string of the molecule is Cc1c(-c2ccc(C3CCC(C)(C)CC3)cc2)sc2c(-c3cc(C(C)(C)C)c4ccccc4c3)nccc12. The van der Waals surface area contributed by atoms with Crippen molar-refractivity contribution >= 4 is 32.2 Å². The zero-order valence-corrected chi connectivity index (χ0v) is 24.5. The highest BCUT2D eigenvalue weighted by molar-refractivity contribution is 7.23. The Morgan fingerprint density at radius 2 is 1.55 bits per heavy atom. The molecule has 0 aliphatic heterocycles. The van der Waals surface area contributed by atoms with E-state index in [2.05, 4.69) is 108 Å². The topological polar surface area (TPSA) is 12.9 Å². The van der Waals surface area contributed by atoms with E-state index in [1.165, 1.54) is 79.2 Å². The average molecular weight is 518 g/mol. The van der Waals surface area contributed by atoms with Gasteiger partial charge in [-0.15, -0.1) is 11.3 Å². The van der Waals surface area contributed by atoms with Crippen LogP contribution in [0.5, 0.6) is 0 Å². The van der Waals surface area contributed by atoms with Gasteiger partial charge in [0.05, 0.1) is 10.4 Å². The molecule has 3 aromatic carbocycles. The first-order valence-corrected chi connectivity index (χ1v) is 14.9. The van der Waals surface area contributed by atoms with Gasteiger partial charge in [-0.3, -0.25) is 4.98 Å². The fourth-order valence-corrected chi connectivity index (χ4v) is 7.66. The third-order valence-electron chi connectivity index (χ3n) is 8.78. The molecular formula is C36H39NS. The molecule has 2 aromatic heterocycles. The monoisotopic (exact) mass is 517 g/mol. The molecule has 0 saturated heterocycles. The van der Waals surface area contributed by atoms with Gasteiger partial charge in [0.2, 0.25) is 0 Å². The molecule has 1 fully saturated rings. The molecule has 5 aromatic rings. The highest BCUT2D eigenvalue weighted by Gasteiger charge is 2.27.